The van der Waals surface area contributed by atoms with Crippen molar-refractivity contribution < 1.29 is 13.6 Å². The maximum atomic E-state index is 12.8. The Morgan fingerprint density at radius 2 is 1.57 bits per heavy atom. The molecule has 2 atom stereocenters. The Bertz CT molecular complexity index is 210. The molecule has 2 unspecified atom stereocenters. The molecule has 1 saturated carbocycles. The number of carbonyl (C=O) groups is 1. The zero-order valence-electron chi connectivity index (χ0n) is 9.02. The Morgan fingerprint density at radius 1 is 1.14 bits per heavy atom. The number of carbonyl (C=O) groups excluding carboxylic acids is 1. The molecule has 0 heterocycles. The Morgan fingerprint density at radius 3 is 1.93 bits per heavy atom. The van der Waals surface area contributed by atoms with Gasteiger partial charge in [-0.2, -0.15) is 8.78 Å². The smallest absolute Gasteiger partial charge is 0.293 e. The number of halogens is 2. The lowest BCUT2D eigenvalue weighted by atomic mass is 9.74. The van der Waals surface area contributed by atoms with Gasteiger partial charge >= 0.3 is 5.92 Å². The van der Waals surface area contributed by atoms with Crippen LogP contribution in [0.2, 0.25) is 0 Å². The minimum Gasteiger partial charge on any atom is -0.293 e. The molecule has 0 amide bonds. The summed E-state index contributed by atoms with van der Waals surface area (Å²) in [7, 11) is 0. The molecule has 0 spiro atoms. The van der Waals surface area contributed by atoms with E-state index in [9.17, 15) is 13.6 Å². The molecule has 0 aromatic carbocycles. The van der Waals surface area contributed by atoms with Crippen molar-refractivity contribution in [1.29, 1.82) is 0 Å². The van der Waals surface area contributed by atoms with Crippen molar-refractivity contribution in [2.45, 2.75) is 46.0 Å². The van der Waals surface area contributed by atoms with Gasteiger partial charge in [-0.05, 0) is 31.1 Å². The van der Waals surface area contributed by atoms with Crippen LogP contribution >= 0.6 is 0 Å². The summed E-state index contributed by atoms with van der Waals surface area (Å²) in [5.41, 5.74) is 0. The topological polar surface area (TPSA) is 17.1 Å². The summed E-state index contributed by atoms with van der Waals surface area (Å²) in [5, 5.41) is 0. The van der Waals surface area contributed by atoms with Gasteiger partial charge in [-0.15, -0.1) is 0 Å². The van der Waals surface area contributed by atoms with Crippen LogP contribution in [0.15, 0.2) is 0 Å². The molecule has 1 rings (SSSR count). The molecule has 1 aliphatic rings. The van der Waals surface area contributed by atoms with Crippen LogP contribution in [0.25, 0.3) is 0 Å². The number of hydrogen-bond acceptors (Lipinski definition) is 1. The van der Waals surface area contributed by atoms with Gasteiger partial charge in [-0.3, -0.25) is 4.79 Å². The summed E-state index contributed by atoms with van der Waals surface area (Å²) in [5.74, 6) is -3.64. The summed E-state index contributed by atoms with van der Waals surface area (Å²) in [4.78, 5) is 11.4. The second-order valence-corrected chi connectivity index (χ2v) is 4.87. The highest BCUT2D eigenvalue weighted by atomic mass is 19.3. The maximum Gasteiger partial charge on any atom is 0.302 e. The fourth-order valence-electron chi connectivity index (χ4n) is 2.52. The quantitative estimate of drug-likeness (QED) is 0.674. The second-order valence-electron chi connectivity index (χ2n) is 4.87. The van der Waals surface area contributed by atoms with Crippen LogP contribution in [0.4, 0.5) is 8.78 Å². The summed E-state index contributed by atoms with van der Waals surface area (Å²) < 4.78 is 25.6. The van der Waals surface area contributed by atoms with E-state index in [1.165, 1.54) is 0 Å². The van der Waals surface area contributed by atoms with Crippen LogP contribution in [0.3, 0.4) is 0 Å². The van der Waals surface area contributed by atoms with E-state index in [0.717, 1.165) is 6.42 Å². The standard InChI is InChI=1S/C11H18F2O/c1-7-4-8(2)6-9(5-7)10(14)11(3,12)13/h7-9H,4-6H2,1-3H3. The summed E-state index contributed by atoms with van der Waals surface area (Å²) >= 11 is 0. The molecule has 0 aliphatic heterocycles. The van der Waals surface area contributed by atoms with E-state index in [1.807, 2.05) is 13.8 Å². The van der Waals surface area contributed by atoms with Gasteiger partial charge in [-0.1, -0.05) is 13.8 Å². The maximum absolute atomic E-state index is 12.8. The lowest BCUT2D eigenvalue weighted by Crippen LogP contribution is -2.36. The van der Waals surface area contributed by atoms with Crippen molar-refractivity contribution in [3.05, 3.63) is 0 Å². The van der Waals surface area contributed by atoms with Crippen molar-refractivity contribution in [2.75, 3.05) is 0 Å². The van der Waals surface area contributed by atoms with E-state index in [1.54, 1.807) is 0 Å². The van der Waals surface area contributed by atoms with Crippen LogP contribution in [0.1, 0.15) is 40.0 Å². The van der Waals surface area contributed by atoms with E-state index in [2.05, 4.69) is 0 Å². The van der Waals surface area contributed by atoms with Crippen LogP contribution in [0, 0.1) is 17.8 Å². The van der Waals surface area contributed by atoms with Crippen molar-refractivity contribution in [3.63, 3.8) is 0 Å². The minimum atomic E-state index is -3.15. The predicted molar refractivity (Wildman–Crippen MR) is 51.3 cm³/mol. The third kappa shape index (κ3) is 2.76. The Labute approximate surface area is 83.9 Å². The highest BCUT2D eigenvalue weighted by Crippen LogP contribution is 2.36. The van der Waals surface area contributed by atoms with Gasteiger partial charge in [-0.25, -0.2) is 0 Å². The van der Waals surface area contributed by atoms with Gasteiger partial charge in [0.15, 0.2) is 0 Å². The summed E-state index contributed by atoms with van der Waals surface area (Å²) in [6, 6.07) is 0. The minimum absolute atomic E-state index is 0.398. The van der Waals surface area contributed by atoms with Crippen molar-refractivity contribution in [3.8, 4) is 0 Å². The molecule has 1 fully saturated rings. The fourth-order valence-corrected chi connectivity index (χ4v) is 2.52. The van der Waals surface area contributed by atoms with E-state index in [4.69, 9.17) is 0 Å². The highest BCUT2D eigenvalue weighted by molar-refractivity contribution is 5.87. The fraction of sp³-hybridized carbons (Fsp3) is 0.909. The molecule has 14 heavy (non-hydrogen) atoms. The Kier molecular flexibility index (Phi) is 3.28. The molecule has 0 N–H and O–H groups in total. The van der Waals surface area contributed by atoms with Crippen LogP contribution in [-0.4, -0.2) is 11.7 Å². The van der Waals surface area contributed by atoms with Crippen LogP contribution in [0.5, 0.6) is 0 Å². The van der Waals surface area contributed by atoms with Crippen molar-refractivity contribution >= 4 is 5.78 Å². The van der Waals surface area contributed by atoms with E-state index < -0.39 is 17.6 Å². The highest BCUT2D eigenvalue weighted by Gasteiger charge is 2.40. The largest absolute Gasteiger partial charge is 0.302 e. The van der Waals surface area contributed by atoms with Gasteiger partial charge in [0.25, 0.3) is 0 Å². The summed E-state index contributed by atoms with van der Waals surface area (Å²) in [6.07, 6.45) is 2.32. The molecule has 82 valence electrons. The van der Waals surface area contributed by atoms with E-state index >= 15 is 0 Å². The number of hydrogen-bond donors (Lipinski definition) is 0. The second kappa shape index (κ2) is 3.95. The molecule has 1 nitrogen and oxygen atoms in total. The van der Waals surface area contributed by atoms with Gasteiger partial charge in [0.1, 0.15) is 0 Å². The van der Waals surface area contributed by atoms with E-state index in [-0.39, 0.29) is 0 Å². The van der Waals surface area contributed by atoms with Crippen LogP contribution < -0.4 is 0 Å². The number of ketones is 1. The first-order chi connectivity index (χ1) is 6.30. The zero-order chi connectivity index (χ0) is 10.9. The lowest BCUT2D eigenvalue weighted by Gasteiger charge is -2.31. The van der Waals surface area contributed by atoms with Gasteiger partial charge in [0.2, 0.25) is 5.78 Å². The third-order valence-corrected chi connectivity index (χ3v) is 2.98. The Hall–Kier alpha value is -0.470. The van der Waals surface area contributed by atoms with Gasteiger partial charge in [0.05, 0.1) is 0 Å². The first kappa shape index (κ1) is 11.6. The average molecular weight is 204 g/mol. The SMILES string of the molecule is CC1CC(C)CC(C(=O)C(C)(F)F)C1. The molecule has 0 aromatic heterocycles. The van der Waals surface area contributed by atoms with Gasteiger partial charge in [0, 0.05) is 12.8 Å². The van der Waals surface area contributed by atoms with E-state index in [0.29, 0.717) is 31.6 Å². The molecule has 0 radical (unpaired) electrons. The number of rotatable bonds is 2. The predicted octanol–water partition coefficient (Wildman–Crippen LogP) is 3.28. The average Bonchev–Trinajstić information content (AvgIpc) is 1.99. The first-order valence-electron chi connectivity index (χ1n) is 5.22. The molecule has 0 aromatic rings. The molecule has 1 aliphatic carbocycles. The van der Waals surface area contributed by atoms with Gasteiger partial charge < -0.3 is 0 Å². The number of alkyl halides is 2. The van der Waals surface area contributed by atoms with Crippen LogP contribution in [-0.2, 0) is 4.79 Å². The van der Waals surface area contributed by atoms with Crippen molar-refractivity contribution in [2.24, 2.45) is 17.8 Å². The molecular weight excluding hydrogens is 186 g/mol. The molecule has 0 saturated heterocycles. The monoisotopic (exact) mass is 204 g/mol. The zero-order valence-corrected chi connectivity index (χ0v) is 9.02. The first-order valence-corrected chi connectivity index (χ1v) is 5.22. The molecule has 3 heteroatoms. The Balaban J connectivity index is 2.64. The third-order valence-electron chi connectivity index (χ3n) is 2.98. The number of Topliss-reactive ketones (excluding diaryl/α,β-unsaturated/α-hetero) is 1. The lowest BCUT2D eigenvalue weighted by molar-refractivity contribution is -0.147. The molecule has 0 bridgehead atoms. The normalized spacial score (nSPS) is 34.2. The van der Waals surface area contributed by atoms with Crippen molar-refractivity contribution in [1.82, 2.24) is 0 Å². The summed E-state index contributed by atoms with van der Waals surface area (Å²) in [6.45, 7) is 4.77. The molecular formula is C11H18F2O.